The molecule has 2 heterocycles. The average molecular weight is 212 g/mol. The highest BCUT2D eigenvalue weighted by atomic mass is 28.2. The number of fused-ring (bicyclic) bond motifs is 2. The molecule has 2 aliphatic heterocycles. The van der Waals surface area contributed by atoms with E-state index in [9.17, 15) is 0 Å². The summed E-state index contributed by atoms with van der Waals surface area (Å²) < 4.78 is 5.40. The van der Waals surface area contributed by atoms with Crippen molar-refractivity contribution in [3.8, 4) is 22.6 Å². The number of rotatable bonds is 2. The van der Waals surface area contributed by atoms with Gasteiger partial charge in [-0.05, 0) is 22.9 Å². The van der Waals surface area contributed by atoms with Crippen LogP contribution in [0.2, 0.25) is 0 Å². The molecule has 2 radical (unpaired) electrons. The molecule has 2 aromatic carbocycles. The van der Waals surface area contributed by atoms with E-state index in [0.29, 0.717) is 0 Å². The van der Waals surface area contributed by atoms with Gasteiger partial charge in [-0.1, -0.05) is 24.3 Å². The van der Waals surface area contributed by atoms with Crippen molar-refractivity contribution in [1.29, 1.82) is 0 Å². The van der Waals surface area contributed by atoms with Gasteiger partial charge in [0.05, 0.1) is 0 Å². The minimum atomic E-state index is -0.138. The van der Waals surface area contributed by atoms with Crippen molar-refractivity contribution in [3.05, 3.63) is 42.5 Å². The van der Waals surface area contributed by atoms with E-state index in [2.05, 4.69) is 6.07 Å². The van der Waals surface area contributed by atoms with Gasteiger partial charge in [0.2, 0.25) is 0 Å². The van der Waals surface area contributed by atoms with Gasteiger partial charge < -0.3 is 9.53 Å². The molecule has 0 aromatic heterocycles. The molecule has 0 spiro atoms. The summed E-state index contributed by atoms with van der Waals surface area (Å²) in [6, 6.07) is 13.9. The summed E-state index contributed by atoms with van der Waals surface area (Å²) >= 11 is 0. The van der Waals surface area contributed by atoms with Crippen molar-refractivity contribution >= 4 is 14.9 Å². The third-order valence-electron chi connectivity index (χ3n) is 2.51. The van der Waals surface area contributed by atoms with Crippen molar-refractivity contribution in [1.82, 2.24) is 0 Å². The summed E-state index contributed by atoms with van der Waals surface area (Å²) in [5.74, 6) is 1.87. The lowest BCUT2D eigenvalue weighted by Gasteiger charge is -2.20. The zero-order valence-electron chi connectivity index (χ0n) is 7.90. The van der Waals surface area contributed by atoms with Gasteiger partial charge in [0, 0.05) is 11.6 Å². The molecule has 0 fully saturated rings. The standard InChI is InChI=1S/C12H8O2Si/c13-15-10-4-1-8(2-5-10)11-6-3-9-7-12(11)14-9/h1-7,13H. The van der Waals surface area contributed by atoms with Gasteiger partial charge in [-0.25, -0.2) is 0 Å². The summed E-state index contributed by atoms with van der Waals surface area (Å²) in [7, 11) is -0.138. The van der Waals surface area contributed by atoms with E-state index in [-0.39, 0.29) is 9.76 Å². The number of benzene rings is 2. The largest absolute Gasteiger partial charge is 0.456 e. The maximum atomic E-state index is 8.97. The van der Waals surface area contributed by atoms with E-state index in [0.717, 1.165) is 27.8 Å². The van der Waals surface area contributed by atoms with E-state index in [4.69, 9.17) is 9.53 Å². The van der Waals surface area contributed by atoms with E-state index in [1.54, 1.807) is 0 Å². The summed E-state index contributed by atoms with van der Waals surface area (Å²) in [4.78, 5) is 8.97. The van der Waals surface area contributed by atoms with Crippen molar-refractivity contribution in [2.45, 2.75) is 0 Å². The molecule has 0 atom stereocenters. The monoisotopic (exact) mass is 212 g/mol. The molecule has 15 heavy (non-hydrogen) atoms. The fraction of sp³-hybridized carbons (Fsp3) is 0. The van der Waals surface area contributed by atoms with Crippen molar-refractivity contribution in [2.75, 3.05) is 0 Å². The normalized spacial score (nSPS) is 11.8. The first-order chi connectivity index (χ1) is 7.36. The maximum absolute atomic E-state index is 8.97. The number of hydrogen-bond donors (Lipinski definition) is 1. The summed E-state index contributed by atoms with van der Waals surface area (Å²) in [6.45, 7) is 0. The van der Waals surface area contributed by atoms with Crippen LogP contribution < -0.4 is 9.92 Å². The Hall–Kier alpha value is -1.58. The maximum Gasteiger partial charge on any atom is 0.265 e. The molecule has 0 unspecified atom stereocenters. The van der Waals surface area contributed by atoms with Crippen LogP contribution in [0.15, 0.2) is 42.5 Å². The Morgan fingerprint density at radius 3 is 2.27 bits per heavy atom. The van der Waals surface area contributed by atoms with Crippen LogP contribution in [0.5, 0.6) is 11.5 Å². The average Bonchev–Trinajstić information content (AvgIpc) is 2.28. The first-order valence-electron chi connectivity index (χ1n) is 4.69. The quantitative estimate of drug-likeness (QED) is 0.655. The molecule has 4 rings (SSSR count). The van der Waals surface area contributed by atoms with E-state index >= 15 is 0 Å². The molecule has 0 saturated heterocycles. The molecule has 3 heteroatoms. The molecular formula is C12H8O2Si. The van der Waals surface area contributed by atoms with Crippen LogP contribution in [0.4, 0.5) is 0 Å². The van der Waals surface area contributed by atoms with Crippen LogP contribution >= 0.6 is 0 Å². The lowest BCUT2D eigenvalue weighted by molar-refractivity contribution is 0.440. The Morgan fingerprint density at radius 1 is 1.00 bits per heavy atom. The Bertz CT molecular complexity index is 502. The van der Waals surface area contributed by atoms with Crippen LogP contribution in [0, 0.1) is 0 Å². The van der Waals surface area contributed by atoms with Gasteiger partial charge in [0.15, 0.2) is 0 Å². The predicted octanol–water partition coefficient (Wildman–Crippen LogP) is 1.70. The van der Waals surface area contributed by atoms with Gasteiger partial charge in [0.1, 0.15) is 11.5 Å². The van der Waals surface area contributed by atoms with Crippen LogP contribution in [0.3, 0.4) is 0 Å². The fourth-order valence-corrected chi connectivity index (χ4v) is 2.00. The lowest BCUT2D eigenvalue weighted by atomic mass is 10.0. The lowest BCUT2D eigenvalue weighted by Crippen LogP contribution is -2.12. The molecule has 2 bridgehead atoms. The second kappa shape index (κ2) is 3.22. The number of hydrogen-bond acceptors (Lipinski definition) is 2. The van der Waals surface area contributed by atoms with Gasteiger partial charge in [-0.3, -0.25) is 0 Å². The Balaban J connectivity index is 2.03. The third-order valence-corrected chi connectivity index (χ3v) is 3.10. The Labute approximate surface area is 90.1 Å². The van der Waals surface area contributed by atoms with Gasteiger partial charge in [-0.2, -0.15) is 0 Å². The molecule has 0 saturated carbocycles. The topological polar surface area (TPSA) is 29.5 Å². The zero-order chi connectivity index (χ0) is 10.3. The molecule has 0 amide bonds. The summed E-state index contributed by atoms with van der Waals surface area (Å²) in [6.07, 6.45) is 0. The minimum Gasteiger partial charge on any atom is -0.456 e. The SMILES string of the molecule is O[Si]c1ccc(-c2ccc3cc2O3)cc1. The molecule has 2 aliphatic rings. The highest BCUT2D eigenvalue weighted by molar-refractivity contribution is 6.45. The molecule has 1 N–H and O–H groups in total. The molecular weight excluding hydrogens is 204 g/mol. The van der Waals surface area contributed by atoms with Crippen LogP contribution in [-0.2, 0) is 0 Å². The smallest absolute Gasteiger partial charge is 0.265 e. The Kier molecular flexibility index (Phi) is 1.87. The first kappa shape index (κ1) is 8.70. The second-order valence-electron chi connectivity index (χ2n) is 3.45. The van der Waals surface area contributed by atoms with Crippen molar-refractivity contribution in [2.24, 2.45) is 0 Å². The van der Waals surface area contributed by atoms with E-state index < -0.39 is 0 Å². The molecule has 2 aromatic rings. The van der Waals surface area contributed by atoms with Crippen LogP contribution in [0.25, 0.3) is 11.1 Å². The molecule has 0 aliphatic carbocycles. The van der Waals surface area contributed by atoms with E-state index in [1.165, 1.54) is 0 Å². The summed E-state index contributed by atoms with van der Waals surface area (Å²) in [5.41, 5.74) is 2.23. The van der Waals surface area contributed by atoms with Crippen LogP contribution in [-0.4, -0.2) is 14.6 Å². The van der Waals surface area contributed by atoms with Gasteiger partial charge in [-0.15, -0.1) is 0 Å². The third kappa shape index (κ3) is 1.37. The van der Waals surface area contributed by atoms with Gasteiger partial charge in [0.25, 0.3) is 9.76 Å². The molecule has 72 valence electrons. The van der Waals surface area contributed by atoms with E-state index in [1.807, 2.05) is 36.4 Å². The zero-order valence-corrected chi connectivity index (χ0v) is 8.90. The first-order valence-corrected chi connectivity index (χ1v) is 5.64. The van der Waals surface area contributed by atoms with Crippen molar-refractivity contribution < 1.29 is 9.53 Å². The summed E-state index contributed by atoms with van der Waals surface area (Å²) in [5, 5.41) is 0.954. The second-order valence-corrected chi connectivity index (χ2v) is 4.25. The highest BCUT2D eigenvalue weighted by Crippen LogP contribution is 2.42. The van der Waals surface area contributed by atoms with Crippen LogP contribution in [0.1, 0.15) is 0 Å². The highest BCUT2D eigenvalue weighted by Gasteiger charge is 2.16. The Morgan fingerprint density at radius 2 is 1.73 bits per heavy atom. The van der Waals surface area contributed by atoms with Gasteiger partial charge >= 0.3 is 0 Å². The molecule has 2 nitrogen and oxygen atoms in total. The van der Waals surface area contributed by atoms with Crippen molar-refractivity contribution in [3.63, 3.8) is 0 Å². The minimum absolute atomic E-state index is 0.138. The predicted molar refractivity (Wildman–Crippen MR) is 59.6 cm³/mol. The fourth-order valence-electron chi connectivity index (χ4n) is 1.68. The number of ether oxygens (including phenoxy) is 1.